The maximum Gasteiger partial charge on any atom is 0.325 e. The van der Waals surface area contributed by atoms with Gasteiger partial charge in [-0.2, -0.15) is 0 Å². The van der Waals surface area contributed by atoms with E-state index in [2.05, 4.69) is 24.5 Å². The molecular weight excluding hydrogens is 384 g/mol. The zero-order chi connectivity index (χ0) is 21.9. The topological polar surface area (TPSA) is 93.7 Å². The largest absolute Gasteiger partial charge is 0.497 e. The summed E-state index contributed by atoms with van der Waals surface area (Å²) < 4.78 is 10.0. The molecule has 2 aromatic rings. The molecule has 0 radical (unpaired) electrons. The molecule has 1 atom stereocenters. The van der Waals surface area contributed by atoms with E-state index in [0.717, 1.165) is 12.0 Å². The van der Waals surface area contributed by atoms with E-state index >= 15 is 0 Å². The molecule has 2 N–H and O–H groups in total. The Labute approximate surface area is 176 Å². The predicted molar refractivity (Wildman–Crippen MR) is 113 cm³/mol. The smallest absolute Gasteiger partial charge is 0.325 e. The molecule has 2 rings (SSSR count). The van der Waals surface area contributed by atoms with Crippen LogP contribution < -0.4 is 15.4 Å². The number of ether oxygens (including phenoxy) is 2. The van der Waals surface area contributed by atoms with E-state index in [-0.39, 0.29) is 18.5 Å². The summed E-state index contributed by atoms with van der Waals surface area (Å²) in [4.78, 5) is 36.2. The van der Waals surface area contributed by atoms with Crippen molar-refractivity contribution in [3.05, 3.63) is 65.7 Å². The average Bonchev–Trinajstić information content (AvgIpc) is 2.76. The van der Waals surface area contributed by atoms with Gasteiger partial charge in [0.05, 0.1) is 13.2 Å². The number of benzene rings is 2. The van der Waals surface area contributed by atoms with Gasteiger partial charge in [0, 0.05) is 5.56 Å². The zero-order valence-electron chi connectivity index (χ0n) is 17.5. The lowest BCUT2D eigenvalue weighted by molar-refractivity contribution is -0.147. The van der Waals surface area contributed by atoms with Crippen molar-refractivity contribution >= 4 is 17.8 Å². The first kappa shape index (κ1) is 22.9. The second kappa shape index (κ2) is 11.6. The normalized spacial score (nSPS) is 11.5. The standard InChI is InChI=1S/C23H28N2O5/c1-16(2)13-20(17-7-5-4-6-8-17)25-21(26)15-30-22(27)14-24-23(28)18-9-11-19(29-3)12-10-18/h4-12,16,20H,13-15H2,1-3H3,(H,24,28)(H,25,26)/t20-/m0/s1. The van der Waals surface area contributed by atoms with Gasteiger partial charge in [0.2, 0.25) is 0 Å². The number of amides is 2. The number of methoxy groups -OCH3 is 1. The van der Waals surface area contributed by atoms with Crippen LogP contribution in [0.1, 0.15) is 42.2 Å². The molecule has 0 aliphatic rings. The number of rotatable bonds is 10. The minimum atomic E-state index is -0.688. The van der Waals surface area contributed by atoms with Crippen LogP contribution in [0, 0.1) is 5.92 Å². The second-order valence-corrected chi connectivity index (χ2v) is 7.23. The summed E-state index contributed by atoms with van der Waals surface area (Å²) in [5.41, 5.74) is 1.39. The van der Waals surface area contributed by atoms with Gasteiger partial charge >= 0.3 is 5.97 Å². The Morgan fingerprint density at radius 1 is 0.967 bits per heavy atom. The van der Waals surface area contributed by atoms with Gasteiger partial charge in [-0.1, -0.05) is 44.2 Å². The van der Waals surface area contributed by atoms with Gasteiger partial charge in [-0.05, 0) is 42.2 Å². The van der Waals surface area contributed by atoms with Crippen LogP contribution >= 0.6 is 0 Å². The predicted octanol–water partition coefficient (Wildman–Crippen LogP) is 2.87. The van der Waals surface area contributed by atoms with Crippen LogP contribution in [0.2, 0.25) is 0 Å². The third-order valence-electron chi connectivity index (χ3n) is 4.35. The van der Waals surface area contributed by atoms with Crippen molar-refractivity contribution < 1.29 is 23.9 Å². The Bertz CT molecular complexity index is 834. The molecule has 160 valence electrons. The summed E-state index contributed by atoms with van der Waals surface area (Å²) >= 11 is 0. The molecular formula is C23H28N2O5. The minimum absolute atomic E-state index is 0.160. The molecule has 0 unspecified atom stereocenters. The number of esters is 1. The zero-order valence-corrected chi connectivity index (χ0v) is 17.5. The van der Waals surface area contributed by atoms with Gasteiger partial charge in [0.1, 0.15) is 12.3 Å². The summed E-state index contributed by atoms with van der Waals surface area (Å²) in [6, 6.07) is 16.0. The minimum Gasteiger partial charge on any atom is -0.497 e. The third-order valence-corrected chi connectivity index (χ3v) is 4.35. The second-order valence-electron chi connectivity index (χ2n) is 7.23. The SMILES string of the molecule is COc1ccc(C(=O)NCC(=O)OCC(=O)N[C@@H](CC(C)C)c2ccccc2)cc1. The van der Waals surface area contributed by atoms with E-state index < -0.39 is 18.5 Å². The Balaban J connectivity index is 1.78. The molecule has 7 nitrogen and oxygen atoms in total. The molecule has 0 aliphatic carbocycles. The fourth-order valence-electron chi connectivity index (χ4n) is 2.87. The van der Waals surface area contributed by atoms with Gasteiger partial charge in [-0.15, -0.1) is 0 Å². The van der Waals surface area contributed by atoms with Gasteiger partial charge in [-0.25, -0.2) is 0 Å². The van der Waals surface area contributed by atoms with Gasteiger partial charge in [0.15, 0.2) is 6.61 Å². The fourth-order valence-corrected chi connectivity index (χ4v) is 2.87. The van der Waals surface area contributed by atoms with Crippen molar-refractivity contribution in [1.82, 2.24) is 10.6 Å². The van der Waals surface area contributed by atoms with E-state index in [1.54, 1.807) is 24.3 Å². The van der Waals surface area contributed by atoms with Crippen molar-refractivity contribution in [2.45, 2.75) is 26.3 Å². The molecule has 0 aliphatic heterocycles. The van der Waals surface area contributed by atoms with E-state index in [0.29, 0.717) is 17.2 Å². The first-order chi connectivity index (χ1) is 14.4. The lowest BCUT2D eigenvalue weighted by Crippen LogP contribution is -2.35. The number of carbonyl (C=O) groups is 3. The molecule has 30 heavy (non-hydrogen) atoms. The van der Waals surface area contributed by atoms with E-state index in [1.807, 2.05) is 30.3 Å². The van der Waals surface area contributed by atoms with Crippen molar-refractivity contribution in [2.75, 3.05) is 20.3 Å². The van der Waals surface area contributed by atoms with Gasteiger partial charge in [0.25, 0.3) is 11.8 Å². The quantitative estimate of drug-likeness (QED) is 0.585. The van der Waals surface area contributed by atoms with Crippen molar-refractivity contribution in [1.29, 1.82) is 0 Å². The van der Waals surface area contributed by atoms with Crippen molar-refractivity contribution in [3.8, 4) is 5.75 Å². The Morgan fingerprint density at radius 3 is 2.23 bits per heavy atom. The number of carbonyl (C=O) groups excluding carboxylic acids is 3. The first-order valence-corrected chi connectivity index (χ1v) is 9.81. The van der Waals surface area contributed by atoms with Crippen LogP contribution in [-0.4, -0.2) is 38.0 Å². The molecule has 7 heteroatoms. The van der Waals surface area contributed by atoms with E-state index in [4.69, 9.17) is 9.47 Å². The monoisotopic (exact) mass is 412 g/mol. The molecule has 0 spiro atoms. The third kappa shape index (κ3) is 7.58. The van der Waals surface area contributed by atoms with E-state index in [9.17, 15) is 14.4 Å². The lowest BCUT2D eigenvalue weighted by atomic mass is 9.97. The summed E-state index contributed by atoms with van der Waals surface area (Å²) in [5, 5.41) is 5.37. The highest BCUT2D eigenvalue weighted by molar-refractivity contribution is 5.96. The Kier molecular flexibility index (Phi) is 8.87. The van der Waals surface area contributed by atoms with Gasteiger partial charge in [-0.3, -0.25) is 14.4 Å². The van der Waals surface area contributed by atoms with Crippen LogP contribution in [0.25, 0.3) is 0 Å². The highest BCUT2D eigenvalue weighted by Crippen LogP contribution is 2.20. The van der Waals surface area contributed by atoms with Crippen LogP contribution in [-0.2, 0) is 14.3 Å². The van der Waals surface area contributed by atoms with Gasteiger partial charge < -0.3 is 20.1 Å². The number of nitrogens with one attached hydrogen (secondary N) is 2. The summed E-state index contributed by atoms with van der Waals surface area (Å²) in [5.74, 6) is -0.485. The number of hydrogen-bond donors (Lipinski definition) is 2. The molecule has 0 fully saturated rings. The fraction of sp³-hybridized carbons (Fsp3) is 0.348. The summed E-state index contributed by atoms with van der Waals surface area (Å²) in [7, 11) is 1.53. The molecule has 0 bridgehead atoms. The molecule has 2 amide bonds. The lowest BCUT2D eigenvalue weighted by Gasteiger charge is -2.21. The van der Waals surface area contributed by atoms with Crippen LogP contribution in [0.5, 0.6) is 5.75 Å². The molecule has 0 heterocycles. The average molecular weight is 412 g/mol. The Hall–Kier alpha value is -3.35. The first-order valence-electron chi connectivity index (χ1n) is 9.81. The molecule has 0 aromatic heterocycles. The number of hydrogen-bond acceptors (Lipinski definition) is 5. The van der Waals surface area contributed by atoms with E-state index in [1.165, 1.54) is 7.11 Å². The maximum absolute atomic E-state index is 12.2. The molecule has 2 aromatic carbocycles. The van der Waals surface area contributed by atoms with Crippen molar-refractivity contribution in [2.24, 2.45) is 5.92 Å². The van der Waals surface area contributed by atoms with Crippen LogP contribution in [0.4, 0.5) is 0 Å². The Morgan fingerprint density at radius 2 is 1.63 bits per heavy atom. The van der Waals surface area contributed by atoms with Crippen LogP contribution in [0.15, 0.2) is 54.6 Å². The molecule has 0 saturated carbocycles. The summed E-state index contributed by atoms with van der Waals surface area (Å²) in [6.07, 6.45) is 0.765. The highest BCUT2D eigenvalue weighted by Gasteiger charge is 2.17. The highest BCUT2D eigenvalue weighted by atomic mass is 16.5. The molecule has 0 saturated heterocycles. The summed E-state index contributed by atoms with van der Waals surface area (Å²) in [6.45, 7) is 3.42. The van der Waals surface area contributed by atoms with Crippen molar-refractivity contribution in [3.63, 3.8) is 0 Å². The van der Waals surface area contributed by atoms with Crippen LogP contribution in [0.3, 0.4) is 0 Å². The maximum atomic E-state index is 12.2.